The molecule has 2 aromatic rings. The molecule has 5 nitrogen and oxygen atoms in total. The Bertz CT molecular complexity index is 706. The van der Waals surface area contributed by atoms with Crippen LogP contribution < -0.4 is 5.73 Å². The van der Waals surface area contributed by atoms with Gasteiger partial charge < -0.3 is 15.9 Å². The zero-order chi connectivity index (χ0) is 15.0. The molecule has 5 heteroatoms. The maximum absolute atomic E-state index is 11.6. The number of carboxylic acids is 1. The van der Waals surface area contributed by atoms with Crippen molar-refractivity contribution in [2.45, 2.75) is 37.7 Å². The van der Waals surface area contributed by atoms with E-state index in [1.54, 1.807) is 12.1 Å². The Labute approximate surface area is 122 Å². The van der Waals surface area contributed by atoms with Crippen LogP contribution in [0.3, 0.4) is 0 Å². The van der Waals surface area contributed by atoms with E-state index >= 15 is 0 Å². The van der Waals surface area contributed by atoms with Crippen molar-refractivity contribution >= 4 is 22.7 Å². The van der Waals surface area contributed by atoms with Gasteiger partial charge in [-0.3, -0.25) is 0 Å². The number of anilines is 1. The van der Waals surface area contributed by atoms with Gasteiger partial charge in [-0.25, -0.2) is 9.78 Å². The molecule has 0 amide bonds. The Morgan fingerprint density at radius 2 is 1.86 bits per heavy atom. The molecule has 4 N–H and O–H groups in total. The number of fused-ring (bicyclic) bond motifs is 1. The summed E-state index contributed by atoms with van der Waals surface area (Å²) in [4.78, 5) is 15.8. The monoisotopic (exact) mass is 286 g/mol. The number of benzene rings is 1. The molecule has 110 valence electrons. The number of nitrogens with zero attached hydrogens (tertiary/aromatic N) is 1. The summed E-state index contributed by atoms with van der Waals surface area (Å²) in [6.45, 7) is 0. The lowest BCUT2D eigenvalue weighted by Gasteiger charge is -2.34. The molecule has 0 radical (unpaired) electrons. The van der Waals surface area contributed by atoms with Crippen LogP contribution in [0.15, 0.2) is 24.3 Å². The minimum absolute atomic E-state index is 0.0322. The highest BCUT2D eigenvalue weighted by atomic mass is 16.4. The van der Waals surface area contributed by atoms with Crippen molar-refractivity contribution in [3.8, 4) is 0 Å². The summed E-state index contributed by atoms with van der Waals surface area (Å²) in [6, 6.07) is 7.23. The number of aromatic carboxylic acids is 1. The van der Waals surface area contributed by atoms with Crippen molar-refractivity contribution in [1.82, 2.24) is 4.98 Å². The quantitative estimate of drug-likeness (QED) is 0.788. The lowest BCUT2D eigenvalue weighted by molar-refractivity contribution is -0.000567. The molecule has 0 atom stereocenters. The molecule has 1 saturated carbocycles. The lowest BCUT2D eigenvalue weighted by atomic mass is 9.76. The molecule has 1 aliphatic carbocycles. The van der Waals surface area contributed by atoms with Gasteiger partial charge >= 0.3 is 5.97 Å². The number of nitrogen functional groups attached to an aromatic ring is 1. The third-order valence-corrected chi connectivity index (χ3v) is 4.28. The van der Waals surface area contributed by atoms with Crippen LogP contribution in [-0.4, -0.2) is 21.2 Å². The van der Waals surface area contributed by atoms with Gasteiger partial charge in [0.05, 0.1) is 11.1 Å². The highest BCUT2D eigenvalue weighted by Crippen LogP contribution is 2.42. The number of aromatic nitrogens is 1. The Hall–Kier alpha value is -2.14. The predicted molar refractivity (Wildman–Crippen MR) is 80.1 cm³/mol. The fraction of sp³-hybridized carbons (Fsp3) is 0.375. The number of para-hydroxylation sites is 1. The smallest absolute Gasteiger partial charge is 0.339 e. The van der Waals surface area contributed by atoms with E-state index in [-0.39, 0.29) is 11.4 Å². The third-order valence-electron chi connectivity index (χ3n) is 4.28. The first-order valence-electron chi connectivity index (χ1n) is 7.17. The first kappa shape index (κ1) is 13.8. The van der Waals surface area contributed by atoms with Gasteiger partial charge in [-0.1, -0.05) is 37.5 Å². The highest BCUT2D eigenvalue weighted by molar-refractivity contribution is 6.01. The molecule has 0 spiro atoms. The summed E-state index contributed by atoms with van der Waals surface area (Å²) < 4.78 is 0. The van der Waals surface area contributed by atoms with Crippen LogP contribution in [0.4, 0.5) is 5.82 Å². The van der Waals surface area contributed by atoms with Gasteiger partial charge in [-0.15, -0.1) is 0 Å². The van der Waals surface area contributed by atoms with Crippen LogP contribution in [0.2, 0.25) is 0 Å². The van der Waals surface area contributed by atoms with Crippen LogP contribution >= 0.6 is 0 Å². The third kappa shape index (κ3) is 2.23. The maximum Gasteiger partial charge on any atom is 0.339 e. The molecule has 3 rings (SSSR count). The maximum atomic E-state index is 11.6. The average Bonchev–Trinajstić information content (AvgIpc) is 2.46. The molecule has 1 aliphatic rings. The van der Waals surface area contributed by atoms with Gasteiger partial charge in [0.15, 0.2) is 0 Å². The average molecular weight is 286 g/mol. The number of nitrogens with two attached hydrogens (primary N) is 1. The SMILES string of the molecule is Nc1nc2ccccc2c(C2(O)CCCCC2)c1C(=O)O. The fourth-order valence-corrected chi connectivity index (χ4v) is 3.32. The molecule has 0 bridgehead atoms. The largest absolute Gasteiger partial charge is 0.478 e. The zero-order valence-electron chi connectivity index (χ0n) is 11.7. The Kier molecular flexibility index (Phi) is 3.29. The van der Waals surface area contributed by atoms with E-state index in [2.05, 4.69) is 4.98 Å². The van der Waals surface area contributed by atoms with Gasteiger partial charge in [0.25, 0.3) is 0 Å². The van der Waals surface area contributed by atoms with E-state index in [1.165, 1.54) is 0 Å². The van der Waals surface area contributed by atoms with Crippen LogP contribution in [0.25, 0.3) is 10.9 Å². The minimum atomic E-state index is -1.14. The topological polar surface area (TPSA) is 96.4 Å². The number of aliphatic hydroxyl groups is 1. The Morgan fingerprint density at radius 3 is 2.52 bits per heavy atom. The first-order valence-corrected chi connectivity index (χ1v) is 7.17. The van der Waals surface area contributed by atoms with E-state index in [0.717, 1.165) is 19.3 Å². The van der Waals surface area contributed by atoms with Gasteiger partial charge in [0.2, 0.25) is 0 Å². The minimum Gasteiger partial charge on any atom is -0.478 e. The molecule has 0 saturated heterocycles. The standard InChI is InChI=1S/C16H18N2O3/c17-14-12(15(19)20)13(16(21)8-4-1-5-9-16)10-6-2-3-7-11(10)18-14/h2-3,6-7,21H,1,4-5,8-9H2,(H2,17,18)(H,19,20). The molecule has 1 heterocycles. The number of carbonyl (C=O) groups is 1. The second-order valence-electron chi connectivity index (χ2n) is 5.66. The van der Waals surface area contributed by atoms with E-state index in [4.69, 9.17) is 5.73 Å². The van der Waals surface area contributed by atoms with Crippen molar-refractivity contribution in [1.29, 1.82) is 0 Å². The van der Waals surface area contributed by atoms with Crippen LogP contribution in [-0.2, 0) is 5.60 Å². The number of hydrogen-bond acceptors (Lipinski definition) is 4. The predicted octanol–water partition coefficient (Wildman–Crippen LogP) is 2.67. The molecule has 21 heavy (non-hydrogen) atoms. The molecular weight excluding hydrogens is 268 g/mol. The number of pyridine rings is 1. The summed E-state index contributed by atoms with van der Waals surface area (Å²) in [7, 11) is 0. The van der Waals surface area contributed by atoms with Gasteiger partial charge in [-0.2, -0.15) is 0 Å². The molecule has 0 unspecified atom stereocenters. The number of rotatable bonds is 2. The van der Waals surface area contributed by atoms with Crippen molar-refractivity contribution in [2.24, 2.45) is 0 Å². The van der Waals surface area contributed by atoms with E-state index in [9.17, 15) is 15.0 Å². The Morgan fingerprint density at radius 1 is 1.19 bits per heavy atom. The summed E-state index contributed by atoms with van der Waals surface area (Å²) in [5, 5.41) is 21.2. The summed E-state index contributed by atoms with van der Waals surface area (Å²) in [6.07, 6.45) is 3.93. The van der Waals surface area contributed by atoms with Crippen molar-refractivity contribution in [2.75, 3.05) is 5.73 Å². The second kappa shape index (κ2) is 5.00. The highest BCUT2D eigenvalue weighted by Gasteiger charge is 2.37. The molecule has 0 aliphatic heterocycles. The van der Waals surface area contributed by atoms with Gasteiger partial charge in [0, 0.05) is 10.9 Å². The Balaban J connectivity index is 2.36. The number of carboxylic acid groups (broad SMARTS) is 1. The second-order valence-corrected chi connectivity index (χ2v) is 5.66. The van der Waals surface area contributed by atoms with E-state index in [0.29, 0.717) is 29.3 Å². The van der Waals surface area contributed by atoms with Gasteiger partial charge in [0.1, 0.15) is 11.4 Å². The summed E-state index contributed by atoms with van der Waals surface area (Å²) >= 11 is 0. The molecule has 1 fully saturated rings. The normalized spacial score (nSPS) is 17.8. The molecular formula is C16H18N2O3. The number of hydrogen-bond donors (Lipinski definition) is 3. The van der Waals surface area contributed by atoms with Crippen LogP contribution in [0, 0.1) is 0 Å². The summed E-state index contributed by atoms with van der Waals surface area (Å²) in [5.41, 5.74) is 5.71. The summed E-state index contributed by atoms with van der Waals surface area (Å²) in [5.74, 6) is -1.17. The molecule has 1 aromatic carbocycles. The van der Waals surface area contributed by atoms with Crippen molar-refractivity contribution < 1.29 is 15.0 Å². The first-order chi connectivity index (χ1) is 10.0. The fourth-order valence-electron chi connectivity index (χ4n) is 3.32. The van der Waals surface area contributed by atoms with Crippen LogP contribution in [0.5, 0.6) is 0 Å². The lowest BCUT2D eigenvalue weighted by Crippen LogP contribution is -2.31. The zero-order valence-corrected chi connectivity index (χ0v) is 11.7. The van der Waals surface area contributed by atoms with Gasteiger partial charge in [-0.05, 0) is 18.9 Å². The van der Waals surface area contributed by atoms with E-state index < -0.39 is 11.6 Å². The van der Waals surface area contributed by atoms with Crippen molar-refractivity contribution in [3.63, 3.8) is 0 Å². The molecule has 1 aromatic heterocycles. The van der Waals surface area contributed by atoms with Crippen LogP contribution in [0.1, 0.15) is 48.0 Å². The van der Waals surface area contributed by atoms with Crippen molar-refractivity contribution in [3.05, 3.63) is 35.4 Å². The van der Waals surface area contributed by atoms with E-state index in [1.807, 2.05) is 12.1 Å².